The van der Waals surface area contributed by atoms with E-state index >= 15 is 0 Å². The van der Waals surface area contributed by atoms with Gasteiger partial charge in [0, 0.05) is 6.54 Å². The molecule has 0 aliphatic heterocycles. The Hall–Kier alpha value is -1.36. The Morgan fingerprint density at radius 2 is 2.06 bits per heavy atom. The summed E-state index contributed by atoms with van der Waals surface area (Å²) >= 11 is 0. The first-order valence-corrected chi connectivity index (χ1v) is 6.91. The van der Waals surface area contributed by atoms with Crippen molar-refractivity contribution in [1.29, 1.82) is 0 Å². The largest absolute Gasteiger partial charge is 0.331 e. The Morgan fingerprint density at radius 1 is 1.31 bits per heavy atom. The highest BCUT2D eigenvalue weighted by Crippen LogP contribution is 2.19. The lowest BCUT2D eigenvalue weighted by molar-refractivity contribution is 0.597. The van der Waals surface area contributed by atoms with Crippen LogP contribution < -0.4 is 0 Å². The number of nitrogens with zero attached hydrogens (tertiary/aromatic N) is 2. The first-order chi connectivity index (χ1) is 7.58. The molecule has 0 N–H and O–H groups in total. The molecule has 4 nitrogen and oxygen atoms in total. The van der Waals surface area contributed by atoms with Crippen molar-refractivity contribution < 1.29 is 8.42 Å². The third-order valence-electron chi connectivity index (χ3n) is 2.67. The summed E-state index contributed by atoms with van der Waals surface area (Å²) in [6.07, 6.45) is 1.73. The molecular formula is C11H14N2O2S. The predicted molar refractivity (Wildman–Crippen MR) is 63.1 cm³/mol. The van der Waals surface area contributed by atoms with Crippen LogP contribution >= 0.6 is 0 Å². The van der Waals surface area contributed by atoms with Gasteiger partial charge >= 0.3 is 0 Å². The van der Waals surface area contributed by atoms with E-state index in [1.54, 1.807) is 25.4 Å². The smallest absolute Gasteiger partial charge is 0.178 e. The molecule has 1 aromatic carbocycles. The average molecular weight is 238 g/mol. The van der Waals surface area contributed by atoms with Crippen LogP contribution in [-0.4, -0.2) is 23.7 Å². The first-order valence-electron chi connectivity index (χ1n) is 5.26. The van der Waals surface area contributed by atoms with Crippen LogP contribution in [0.15, 0.2) is 29.4 Å². The van der Waals surface area contributed by atoms with Crippen molar-refractivity contribution in [1.82, 2.24) is 9.55 Å². The van der Waals surface area contributed by atoms with Gasteiger partial charge in [-0.2, -0.15) is 0 Å². The summed E-state index contributed by atoms with van der Waals surface area (Å²) in [7, 11) is -3.14. The molecule has 86 valence electrons. The summed E-state index contributed by atoms with van der Waals surface area (Å²) in [4.78, 5) is 4.55. The molecule has 0 spiro atoms. The van der Waals surface area contributed by atoms with Gasteiger partial charge in [0.2, 0.25) is 0 Å². The number of aromatic nitrogens is 2. The summed E-state index contributed by atoms with van der Waals surface area (Å²) < 4.78 is 25.4. The number of rotatable bonds is 3. The average Bonchev–Trinajstić information content (AvgIpc) is 2.70. The molecule has 0 radical (unpaired) electrons. The van der Waals surface area contributed by atoms with E-state index in [4.69, 9.17) is 0 Å². The lowest BCUT2D eigenvalue weighted by Crippen LogP contribution is -2.03. The van der Waals surface area contributed by atoms with Gasteiger partial charge in [0.1, 0.15) is 0 Å². The second-order valence-electron chi connectivity index (χ2n) is 3.58. The highest BCUT2D eigenvalue weighted by molar-refractivity contribution is 7.91. The number of benzene rings is 1. The van der Waals surface area contributed by atoms with Gasteiger partial charge in [0.05, 0.1) is 28.0 Å². The number of hydrogen-bond donors (Lipinski definition) is 0. The van der Waals surface area contributed by atoms with E-state index in [1.165, 1.54) is 0 Å². The molecular weight excluding hydrogens is 224 g/mol. The maximum Gasteiger partial charge on any atom is 0.178 e. The van der Waals surface area contributed by atoms with Crippen molar-refractivity contribution in [2.45, 2.75) is 25.3 Å². The van der Waals surface area contributed by atoms with Crippen LogP contribution in [0.4, 0.5) is 0 Å². The highest BCUT2D eigenvalue weighted by Gasteiger charge is 2.13. The molecule has 2 aromatic rings. The van der Waals surface area contributed by atoms with E-state index in [2.05, 4.69) is 4.98 Å². The zero-order valence-corrected chi connectivity index (χ0v) is 10.2. The molecule has 0 saturated heterocycles. The molecule has 0 aliphatic rings. The van der Waals surface area contributed by atoms with Gasteiger partial charge in [-0.15, -0.1) is 0 Å². The van der Waals surface area contributed by atoms with Crippen molar-refractivity contribution >= 4 is 20.9 Å². The van der Waals surface area contributed by atoms with E-state index in [-0.39, 0.29) is 5.75 Å². The Balaban J connectivity index is 2.62. The molecule has 16 heavy (non-hydrogen) atoms. The molecule has 0 unspecified atom stereocenters. The molecule has 2 rings (SSSR count). The minimum Gasteiger partial charge on any atom is -0.331 e. The van der Waals surface area contributed by atoms with Gasteiger partial charge in [-0.25, -0.2) is 13.4 Å². The maximum absolute atomic E-state index is 11.7. The summed E-state index contributed by atoms with van der Waals surface area (Å²) in [6.45, 7) is 4.50. The minimum absolute atomic E-state index is 0.118. The standard InChI is InChI=1S/C11H14N2O2S/c1-3-13-8-12-10-7-9(5-6-11(10)13)16(14,15)4-2/h5-8H,3-4H2,1-2H3. The van der Waals surface area contributed by atoms with Crippen LogP contribution in [0.3, 0.4) is 0 Å². The third kappa shape index (κ3) is 1.71. The fraction of sp³-hybridized carbons (Fsp3) is 0.364. The van der Waals surface area contributed by atoms with Gasteiger partial charge in [-0.05, 0) is 25.1 Å². The van der Waals surface area contributed by atoms with E-state index in [1.807, 2.05) is 17.6 Å². The molecule has 0 saturated carbocycles. The fourth-order valence-corrected chi connectivity index (χ4v) is 2.56. The minimum atomic E-state index is -3.14. The molecule has 0 bridgehead atoms. The molecule has 0 amide bonds. The Bertz CT molecular complexity index is 614. The Labute approximate surface area is 94.8 Å². The molecule has 1 heterocycles. The Kier molecular flexibility index (Phi) is 2.71. The number of aryl methyl sites for hydroxylation is 1. The highest BCUT2D eigenvalue weighted by atomic mass is 32.2. The summed E-state index contributed by atoms with van der Waals surface area (Å²) in [6, 6.07) is 5.10. The number of fused-ring (bicyclic) bond motifs is 1. The van der Waals surface area contributed by atoms with Crippen LogP contribution in [0.2, 0.25) is 0 Å². The van der Waals surface area contributed by atoms with E-state index in [0.717, 1.165) is 17.6 Å². The summed E-state index contributed by atoms with van der Waals surface area (Å²) in [5.41, 5.74) is 1.70. The second kappa shape index (κ2) is 3.90. The van der Waals surface area contributed by atoms with E-state index in [0.29, 0.717) is 4.90 Å². The van der Waals surface area contributed by atoms with Crippen molar-refractivity contribution in [2.24, 2.45) is 0 Å². The van der Waals surface area contributed by atoms with E-state index < -0.39 is 9.84 Å². The lowest BCUT2D eigenvalue weighted by Gasteiger charge is -2.02. The van der Waals surface area contributed by atoms with Gasteiger partial charge in [0.25, 0.3) is 0 Å². The van der Waals surface area contributed by atoms with Crippen molar-refractivity contribution in [3.63, 3.8) is 0 Å². The van der Waals surface area contributed by atoms with Gasteiger partial charge < -0.3 is 4.57 Å². The molecule has 5 heteroatoms. The maximum atomic E-state index is 11.7. The number of hydrogen-bond acceptors (Lipinski definition) is 3. The van der Waals surface area contributed by atoms with Crippen LogP contribution in [-0.2, 0) is 16.4 Å². The van der Waals surface area contributed by atoms with Crippen molar-refractivity contribution in [2.75, 3.05) is 5.75 Å². The predicted octanol–water partition coefficient (Wildman–Crippen LogP) is 1.85. The molecule has 0 atom stereocenters. The normalized spacial score (nSPS) is 12.1. The number of imidazole rings is 1. The second-order valence-corrected chi connectivity index (χ2v) is 5.86. The first kappa shape index (κ1) is 11.1. The quantitative estimate of drug-likeness (QED) is 0.820. The fourth-order valence-electron chi connectivity index (χ4n) is 1.66. The van der Waals surface area contributed by atoms with Crippen molar-refractivity contribution in [3.8, 4) is 0 Å². The molecule has 0 fully saturated rings. The van der Waals surface area contributed by atoms with Crippen LogP contribution in [0.1, 0.15) is 13.8 Å². The van der Waals surface area contributed by atoms with Gasteiger partial charge in [-0.1, -0.05) is 6.92 Å². The van der Waals surface area contributed by atoms with Gasteiger partial charge in [-0.3, -0.25) is 0 Å². The molecule has 0 aliphatic carbocycles. The number of sulfone groups is 1. The monoisotopic (exact) mass is 238 g/mol. The topological polar surface area (TPSA) is 52.0 Å². The van der Waals surface area contributed by atoms with Gasteiger partial charge in [0.15, 0.2) is 9.84 Å². The summed E-state index contributed by atoms with van der Waals surface area (Å²) in [5, 5.41) is 0. The Morgan fingerprint density at radius 3 is 2.69 bits per heavy atom. The lowest BCUT2D eigenvalue weighted by atomic mass is 10.3. The van der Waals surface area contributed by atoms with Crippen LogP contribution in [0.25, 0.3) is 11.0 Å². The zero-order valence-electron chi connectivity index (χ0n) is 9.34. The van der Waals surface area contributed by atoms with Crippen molar-refractivity contribution in [3.05, 3.63) is 24.5 Å². The van der Waals surface area contributed by atoms with Crippen LogP contribution in [0.5, 0.6) is 0 Å². The summed E-state index contributed by atoms with van der Waals surface area (Å²) in [5.74, 6) is 0.118. The van der Waals surface area contributed by atoms with E-state index in [9.17, 15) is 8.42 Å². The third-order valence-corrected chi connectivity index (χ3v) is 4.40. The van der Waals surface area contributed by atoms with Crippen LogP contribution in [0, 0.1) is 0 Å². The SMILES string of the molecule is CCn1cnc2cc(S(=O)(=O)CC)ccc21. The molecule has 1 aromatic heterocycles. The zero-order chi connectivity index (χ0) is 11.8.